The van der Waals surface area contributed by atoms with Crippen molar-refractivity contribution in [1.29, 1.82) is 0 Å². The Labute approximate surface area is 118 Å². The molecule has 1 aromatic carbocycles. The number of primary amides is 1. The fraction of sp³-hybridized carbons (Fsp3) is 0.267. The molecule has 0 aliphatic carbocycles. The molecule has 0 unspecified atom stereocenters. The van der Waals surface area contributed by atoms with Crippen molar-refractivity contribution >= 4 is 11.7 Å². The van der Waals surface area contributed by atoms with Gasteiger partial charge in [-0.2, -0.15) is 0 Å². The van der Waals surface area contributed by atoms with Gasteiger partial charge in [-0.1, -0.05) is 32.9 Å². The largest absolute Gasteiger partial charge is 0.351 e. The third kappa shape index (κ3) is 3.32. The number of aromatic nitrogens is 2. The average Bonchev–Trinajstić information content (AvgIpc) is 2.38. The minimum Gasteiger partial charge on any atom is -0.351 e. The summed E-state index contributed by atoms with van der Waals surface area (Å²) >= 11 is 0. The molecule has 1 heterocycles. The molecular weight excluding hydrogens is 252 g/mol. The summed E-state index contributed by atoms with van der Waals surface area (Å²) in [6.07, 6.45) is 3.62. The van der Waals surface area contributed by atoms with Crippen LogP contribution in [0.25, 0.3) is 11.1 Å². The van der Waals surface area contributed by atoms with Crippen LogP contribution >= 0.6 is 0 Å². The van der Waals surface area contributed by atoms with Crippen LogP contribution in [0.1, 0.15) is 26.6 Å². The van der Waals surface area contributed by atoms with Gasteiger partial charge in [0.25, 0.3) is 0 Å². The van der Waals surface area contributed by atoms with Gasteiger partial charge in [-0.15, -0.1) is 0 Å². The molecule has 0 spiro atoms. The molecule has 0 radical (unpaired) electrons. The van der Waals surface area contributed by atoms with Crippen molar-refractivity contribution in [2.45, 2.75) is 26.2 Å². The van der Waals surface area contributed by atoms with Gasteiger partial charge < -0.3 is 11.1 Å². The third-order valence-electron chi connectivity index (χ3n) is 2.81. The van der Waals surface area contributed by atoms with Gasteiger partial charge in [-0.25, -0.2) is 14.8 Å². The zero-order valence-corrected chi connectivity index (χ0v) is 11.8. The Morgan fingerprint density at radius 2 is 1.60 bits per heavy atom. The van der Waals surface area contributed by atoms with E-state index in [0.29, 0.717) is 5.69 Å². The van der Waals surface area contributed by atoms with E-state index in [1.165, 1.54) is 0 Å². The van der Waals surface area contributed by atoms with Crippen LogP contribution in [-0.2, 0) is 5.41 Å². The van der Waals surface area contributed by atoms with Crippen LogP contribution in [0.5, 0.6) is 0 Å². The molecule has 2 aromatic rings. The van der Waals surface area contributed by atoms with E-state index in [-0.39, 0.29) is 5.41 Å². The van der Waals surface area contributed by atoms with Crippen molar-refractivity contribution in [3.05, 3.63) is 42.5 Å². The number of hydrogen-bond acceptors (Lipinski definition) is 3. The van der Waals surface area contributed by atoms with Crippen LogP contribution in [0, 0.1) is 0 Å². The van der Waals surface area contributed by atoms with E-state index in [9.17, 15) is 4.79 Å². The lowest BCUT2D eigenvalue weighted by Crippen LogP contribution is -2.19. The molecule has 5 heteroatoms. The predicted molar refractivity (Wildman–Crippen MR) is 79.4 cm³/mol. The second kappa shape index (κ2) is 5.28. The van der Waals surface area contributed by atoms with Gasteiger partial charge in [-0.3, -0.25) is 0 Å². The second-order valence-electron chi connectivity index (χ2n) is 5.61. The molecule has 2 rings (SSSR count). The first-order valence-corrected chi connectivity index (χ1v) is 6.36. The van der Waals surface area contributed by atoms with Crippen molar-refractivity contribution in [2.75, 3.05) is 5.32 Å². The van der Waals surface area contributed by atoms with Crippen molar-refractivity contribution in [3.8, 4) is 11.1 Å². The Kier molecular flexibility index (Phi) is 3.70. The summed E-state index contributed by atoms with van der Waals surface area (Å²) in [7, 11) is 0. The third-order valence-corrected chi connectivity index (χ3v) is 2.81. The van der Waals surface area contributed by atoms with Crippen molar-refractivity contribution in [1.82, 2.24) is 9.97 Å². The zero-order chi connectivity index (χ0) is 14.8. The summed E-state index contributed by atoms with van der Waals surface area (Å²) in [6.45, 7) is 6.23. The van der Waals surface area contributed by atoms with E-state index in [4.69, 9.17) is 5.73 Å². The van der Waals surface area contributed by atoms with Crippen molar-refractivity contribution < 1.29 is 4.79 Å². The number of carbonyl (C=O) groups excluding carboxylic acids is 1. The fourth-order valence-corrected chi connectivity index (χ4v) is 1.75. The molecular formula is C15H18N4O. The molecule has 0 saturated carbocycles. The molecule has 0 aliphatic rings. The van der Waals surface area contributed by atoms with E-state index in [1.807, 2.05) is 24.5 Å². The highest BCUT2D eigenvalue weighted by atomic mass is 16.2. The first-order chi connectivity index (χ1) is 9.36. The lowest BCUT2D eigenvalue weighted by molar-refractivity contribution is 0.259. The lowest BCUT2D eigenvalue weighted by atomic mass is 9.95. The number of nitrogens with one attached hydrogen (secondary N) is 1. The van der Waals surface area contributed by atoms with Crippen LogP contribution in [0.3, 0.4) is 0 Å². The average molecular weight is 270 g/mol. The van der Waals surface area contributed by atoms with Gasteiger partial charge in [0.2, 0.25) is 0 Å². The first kappa shape index (κ1) is 14.0. The molecule has 2 amide bonds. The normalized spacial score (nSPS) is 11.2. The minimum atomic E-state index is -0.574. The number of amides is 2. The number of anilines is 1. The summed E-state index contributed by atoms with van der Waals surface area (Å²) in [5, 5.41) is 2.52. The fourth-order valence-electron chi connectivity index (χ4n) is 1.75. The summed E-state index contributed by atoms with van der Waals surface area (Å²) < 4.78 is 0. The van der Waals surface area contributed by atoms with Gasteiger partial charge in [0.15, 0.2) is 0 Å². The SMILES string of the molecule is CC(C)(C)c1ncc(-c2ccc(NC(N)=O)cc2)cn1. The monoisotopic (exact) mass is 270 g/mol. The number of rotatable bonds is 2. The standard InChI is InChI=1S/C15H18N4O/c1-15(2,3)13-17-8-11(9-18-13)10-4-6-12(7-5-10)19-14(16)20/h4-9H,1-3H3,(H3,16,19,20). The number of urea groups is 1. The van der Waals surface area contributed by atoms with Crippen molar-refractivity contribution in [2.24, 2.45) is 5.73 Å². The Hall–Kier alpha value is -2.43. The Bertz CT molecular complexity index is 597. The van der Waals surface area contributed by atoms with Crippen LogP contribution in [-0.4, -0.2) is 16.0 Å². The van der Waals surface area contributed by atoms with Gasteiger partial charge in [0, 0.05) is 29.1 Å². The highest BCUT2D eigenvalue weighted by Gasteiger charge is 2.16. The Morgan fingerprint density at radius 3 is 2.05 bits per heavy atom. The topological polar surface area (TPSA) is 80.9 Å². The maximum absolute atomic E-state index is 10.7. The van der Waals surface area contributed by atoms with E-state index >= 15 is 0 Å². The second-order valence-corrected chi connectivity index (χ2v) is 5.61. The molecule has 5 nitrogen and oxygen atoms in total. The number of hydrogen-bond donors (Lipinski definition) is 2. The summed E-state index contributed by atoms with van der Waals surface area (Å²) in [4.78, 5) is 19.5. The van der Waals surface area contributed by atoms with E-state index in [0.717, 1.165) is 17.0 Å². The number of benzene rings is 1. The first-order valence-electron chi connectivity index (χ1n) is 6.36. The van der Waals surface area contributed by atoms with Gasteiger partial charge in [-0.05, 0) is 17.7 Å². The molecule has 0 aliphatic heterocycles. The molecule has 1 aromatic heterocycles. The number of carbonyl (C=O) groups is 1. The number of nitrogens with two attached hydrogens (primary N) is 1. The van der Waals surface area contributed by atoms with Crippen LogP contribution < -0.4 is 11.1 Å². The zero-order valence-electron chi connectivity index (χ0n) is 11.8. The summed E-state index contributed by atoms with van der Waals surface area (Å²) in [6, 6.07) is 6.78. The predicted octanol–water partition coefficient (Wildman–Crippen LogP) is 2.93. The van der Waals surface area contributed by atoms with E-state index in [1.54, 1.807) is 12.1 Å². The highest BCUT2D eigenvalue weighted by molar-refractivity contribution is 5.88. The molecule has 0 bridgehead atoms. The quantitative estimate of drug-likeness (QED) is 0.880. The number of nitrogens with zero attached hydrogens (tertiary/aromatic N) is 2. The molecule has 104 valence electrons. The maximum Gasteiger partial charge on any atom is 0.316 e. The van der Waals surface area contributed by atoms with Crippen molar-refractivity contribution in [3.63, 3.8) is 0 Å². The highest BCUT2D eigenvalue weighted by Crippen LogP contribution is 2.22. The summed E-state index contributed by atoms with van der Waals surface area (Å²) in [5.41, 5.74) is 7.58. The smallest absolute Gasteiger partial charge is 0.316 e. The molecule has 3 N–H and O–H groups in total. The lowest BCUT2D eigenvalue weighted by Gasteiger charge is -2.16. The van der Waals surface area contributed by atoms with Crippen LogP contribution in [0.2, 0.25) is 0 Å². The molecule has 0 saturated heterocycles. The summed E-state index contributed by atoms with van der Waals surface area (Å²) in [5.74, 6) is 0.813. The van der Waals surface area contributed by atoms with E-state index in [2.05, 4.69) is 36.1 Å². The maximum atomic E-state index is 10.7. The van der Waals surface area contributed by atoms with Crippen LogP contribution in [0.4, 0.5) is 10.5 Å². The molecule has 0 atom stereocenters. The minimum absolute atomic E-state index is 0.0617. The van der Waals surface area contributed by atoms with Gasteiger partial charge >= 0.3 is 6.03 Å². The Balaban J connectivity index is 2.21. The van der Waals surface area contributed by atoms with Crippen LogP contribution in [0.15, 0.2) is 36.7 Å². The Morgan fingerprint density at radius 1 is 1.05 bits per heavy atom. The molecule has 0 fully saturated rings. The van der Waals surface area contributed by atoms with Gasteiger partial charge in [0.1, 0.15) is 5.82 Å². The van der Waals surface area contributed by atoms with E-state index < -0.39 is 6.03 Å². The molecule has 20 heavy (non-hydrogen) atoms. The van der Waals surface area contributed by atoms with Gasteiger partial charge in [0.05, 0.1) is 0 Å².